The van der Waals surface area contributed by atoms with Crippen molar-refractivity contribution in [3.8, 4) is 0 Å². The molecule has 0 spiro atoms. The molecule has 0 saturated carbocycles. The third kappa shape index (κ3) is 4.78. The molecule has 0 fully saturated rings. The maximum Gasteiger partial charge on any atom is 0.191 e. The van der Waals surface area contributed by atoms with Crippen LogP contribution < -0.4 is 10.6 Å². The zero-order valence-electron chi connectivity index (χ0n) is 12.4. The van der Waals surface area contributed by atoms with E-state index >= 15 is 0 Å². The van der Waals surface area contributed by atoms with Crippen molar-refractivity contribution in [3.63, 3.8) is 0 Å². The van der Waals surface area contributed by atoms with Crippen molar-refractivity contribution in [1.29, 1.82) is 0 Å². The largest absolute Gasteiger partial charge is 0.352 e. The standard InChI is InChI=1S/C15H25N3/c1-11-7-8-13(12(2)9-11)10-17-14(16-6)18-15(3,4)5/h7-9H,10H2,1-6H3,(H2,16,17,18). The Hall–Kier alpha value is -1.51. The molecular formula is C15H25N3. The van der Waals surface area contributed by atoms with E-state index in [2.05, 4.69) is 68.4 Å². The summed E-state index contributed by atoms with van der Waals surface area (Å²) in [4.78, 5) is 4.23. The highest BCUT2D eigenvalue weighted by molar-refractivity contribution is 5.80. The topological polar surface area (TPSA) is 36.4 Å². The molecule has 0 heterocycles. The van der Waals surface area contributed by atoms with Gasteiger partial charge in [0.05, 0.1) is 0 Å². The number of hydrogen-bond donors (Lipinski definition) is 2. The molecule has 2 N–H and O–H groups in total. The molecule has 0 unspecified atom stereocenters. The monoisotopic (exact) mass is 247 g/mol. The number of benzene rings is 1. The molecular weight excluding hydrogens is 222 g/mol. The molecule has 0 amide bonds. The summed E-state index contributed by atoms with van der Waals surface area (Å²) in [5.41, 5.74) is 3.93. The van der Waals surface area contributed by atoms with Gasteiger partial charge < -0.3 is 10.6 Å². The van der Waals surface area contributed by atoms with Crippen LogP contribution in [-0.2, 0) is 6.54 Å². The summed E-state index contributed by atoms with van der Waals surface area (Å²) in [5, 5.41) is 6.69. The van der Waals surface area contributed by atoms with Gasteiger partial charge in [-0.05, 0) is 45.7 Å². The SMILES string of the molecule is CN=C(NCc1ccc(C)cc1C)NC(C)(C)C. The van der Waals surface area contributed by atoms with Crippen molar-refractivity contribution in [2.75, 3.05) is 7.05 Å². The molecule has 100 valence electrons. The lowest BCUT2D eigenvalue weighted by atomic mass is 10.1. The van der Waals surface area contributed by atoms with Gasteiger partial charge in [0.2, 0.25) is 0 Å². The molecule has 0 aliphatic carbocycles. The minimum atomic E-state index is 0.0180. The summed E-state index contributed by atoms with van der Waals surface area (Å²) in [6.07, 6.45) is 0. The van der Waals surface area contributed by atoms with Crippen LogP contribution in [0.5, 0.6) is 0 Å². The Balaban J connectivity index is 2.64. The molecule has 1 rings (SSSR count). The average Bonchev–Trinajstić information content (AvgIpc) is 2.24. The lowest BCUT2D eigenvalue weighted by molar-refractivity contribution is 0.501. The third-order valence-electron chi connectivity index (χ3n) is 2.66. The summed E-state index contributed by atoms with van der Waals surface area (Å²) >= 11 is 0. The number of rotatable bonds is 2. The molecule has 0 bridgehead atoms. The maximum atomic E-state index is 4.23. The van der Waals surface area contributed by atoms with Gasteiger partial charge in [-0.1, -0.05) is 23.8 Å². The molecule has 3 heteroatoms. The zero-order valence-corrected chi connectivity index (χ0v) is 12.4. The van der Waals surface area contributed by atoms with E-state index in [1.165, 1.54) is 16.7 Å². The minimum Gasteiger partial charge on any atom is -0.352 e. The van der Waals surface area contributed by atoms with Crippen LogP contribution in [0.1, 0.15) is 37.5 Å². The second kappa shape index (κ2) is 5.89. The number of aryl methyl sites for hydroxylation is 2. The van der Waals surface area contributed by atoms with Gasteiger partial charge in [0, 0.05) is 19.1 Å². The summed E-state index contributed by atoms with van der Waals surface area (Å²) in [6.45, 7) is 11.4. The van der Waals surface area contributed by atoms with Gasteiger partial charge in [0.25, 0.3) is 0 Å². The van der Waals surface area contributed by atoms with E-state index in [0.717, 1.165) is 12.5 Å². The molecule has 0 aromatic heterocycles. The number of aliphatic imine (C=N–C) groups is 1. The number of hydrogen-bond acceptors (Lipinski definition) is 1. The van der Waals surface area contributed by atoms with Crippen LogP contribution >= 0.6 is 0 Å². The molecule has 18 heavy (non-hydrogen) atoms. The van der Waals surface area contributed by atoms with E-state index in [0.29, 0.717) is 0 Å². The molecule has 0 aliphatic rings. The average molecular weight is 247 g/mol. The summed E-state index contributed by atoms with van der Waals surface area (Å²) < 4.78 is 0. The fourth-order valence-electron chi connectivity index (χ4n) is 1.76. The number of nitrogens with zero attached hydrogens (tertiary/aromatic N) is 1. The van der Waals surface area contributed by atoms with Gasteiger partial charge in [-0.3, -0.25) is 4.99 Å². The fraction of sp³-hybridized carbons (Fsp3) is 0.533. The summed E-state index contributed by atoms with van der Waals surface area (Å²) in [5.74, 6) is 0.836. The number of nitrogens with one attached hydrogen (secondary N) is 2. The van der Waals surface area contributed by atoms with Crippen LogP contribution in [-0.4, -0.2) is 18.5 Å². The zero-order chi connectivity index (χ0) is 13.8. The van der Waals surface area contributed by atoms with Gasteiger partial charge in [0.15, 0.2) is 5.96 Å². The Morgan fingerprint density at radius 1 is 1.22 bits per heavy atom. The smallest absolute Gasteiger partial charge is 0.191 e. The Bertz CT molecular complexity index is 428. The van der Waals surface area contributed by atoms with Crippen LogP contribution in [0.25, 0.3) is 0 Å². The highest BCUT2D eigenvalue weighted by atomic mass is 15.2. The second-order valence-corrected chi connectivity index (χ2v) is 5.73. The highest BCUT2D eigenvalue weighted by Crippen LogP contribution is 2.10. The van der Waals surface area contributed by atoms with E-state index in [1.54, 1.807) is 7.05 Å². The van der Waals surface area contributed by atoms with Crippen LogP contribution in [0.3, 0.4) is 0 Å². The highest BCUT2D eigenvalue weighted by Gasteiger charge is 2.11. The summed E-state index contributed by atoms with van der Waals surface area (Å²) in [7, 11) is 1.79. The van der Waals surface area contributed by atoms with Crippen LogP contribution in [0, 0.1) is 13.8 Å². The minimum absolute atomic E-state index is 0.0180. The quantitative estimate of drug-likeness (QED) is 0.623. The summed E-state index contributed by atoms with van der Waals surface area (Å²) in [6, 6.07) is 6.52. The van der Waals surface area contributed by atoms with Crippen molar-refractivity contribution in [2.24, 2.45) is 4.99 Å². The van der Waals surface area contributed by atoms with Crippen LogP contribution in [0.2, 0.25) is 0 Å². The van der Waals surface area contributed by atoms with Crippen LogP contribution in [0.4, 0.5) is 0 Å². The van der Waals surface area contributed by atoms with Crippen LogP contribution in [0.15, 0.2) is 23.2 Å². The molecule has 0 radical (unpaired) electrons. The molecule has 0 saturated heterocycles. The van der Waals surface area contributed by atoms with Gasteiger partial charge in [-0.25, -0.2) is 0 Å². The van der Waals surface area contributed by atoms with Gasteiger partial charge in [-0.15, -0.1) is 0 Å². The van der Waals surface area contributed by atoms with E-state index in [9.17, 15) is 0 Å². The van der Waals surface area contributed by atoms with Crippen molar-refractivity contribution < 1.29 is 0 Å². The first kappa shape index (κ1) is 14.6. The first-order chi connectivity index (χ1) is 8.31. The fourth-order valence-corrected chi connectivity index (χ4v) is 1.76. The van der Waals surface area contributed by atoms with Crippen molar-refractivity contribution in [1.82, 2.24) is 10.6 Å². The molecule has 3 nitrogen and oxygen atoms in total. The number of guanidine groups is 1. The first-order valence-electron chi connectivity index (χ1n) is 6.37. The Kier molecular flexibility index (Phi) is 4.76. The first-order valence-corrected chi connectivity index (χ1v) is 6.37. The van der Waals surface area contributed by atoms with Gasteiger partial charge >= 0.3 is 0 Å². The third-order valence-corrected chi connectivity index (χ3v) is 2.66. The van der Waals surface area contributed by atoms with E-state index < -0.39 is 0 Å². The Morgan fingerprint density at radius 3 is 2.39 bits per heavy atom. The van der Waals surface area contributed by atoms with Crippen molar-refractivity contribution in [3.05, 3.63) is 34.9 Å². The van der Waals surface area contributed by atoms with E-state index in [-0.39, 0.29) is 5.54 Å². The maximum absolute atomic E-state index is 4.23. The van der Waals surface area contributed by atoms with E-state index in [1.807, 2.05) is 0 Å². The molecule has 1 aromatic carbocycles. The van der Waals surface area contributed by atoms with Gasteiger partial charge in [-0.2, -0.15) is 0 Å². The Morgan fingerprint density at radius 2 is 1.89 bits per heavy atom. The predicted molar refractivity (Wildman–Crippen MR) is 79.0 cm³/mol. The molecule has 1 aromatic rings. The van der Waals surface area contributed by atoms with Crippen molar-refractivity contribution in [2.45, 2.75) is 46.7 Å². The second-order valence-electron chi connectivity index (χ2n) is 5.73. The molecule has 0 aliphatic heterocycles. The lowest BCUT2D eigenvalue weighted by Crippen LogP contribution is -2.47. The molecule has 0 atom stereocenters. The van der Waals surface area contributed by atoms with Gasteiger partial charge in [0.1, 0.15) is 0 Å². The van der Waals surface area contributed by atoms with E-state index in [4.69, 9.17) is 0 Å². The Labute approximate surface area is 111 Å². The van der Waals surface area contributed by atoms with Crippen molar-refractivity contribution >= 4 is 5.96 Å². The normalized spacial score (nSPS) is 12.4. The predicted octanol–water partition coefficient (Wildman–Crippen LogP) is 2.77. The lowest BCUT2D eigenvalue weighted by Gasteiger charge is -2.24.